The van der Waals surface area contributed by atoms with Gasteiger partial charge in [-0.3, -0.25) is 9.36 Å². The second-order valence-electron chi connectivity index (χ2n) is 3.80. The number of anilines is 1. The predicted molar refractivity (Wildman–Crippen MR) is 65.8 cm³/mol. The van der Waals surface area contributed by atoms with Crippen LogP contribution in [0.3, 0.4) is 0 Å². The van der Waals surface area contributed by atoms with Crippen molar-refractivity contribution in [2.24, 2.45) is 14.1 Å². The summed E-state index contributed by atoms with van der Waals surface area (Å²) in [4.78, 5) is 11.5. The van der Waals surface area contributed by atoms with Crippen molar-refractivity contribution < 1.29 is 0 Å². The van der Waals surface area contributed by atoms with E-state index in [1.165, 1.54) is 4.57 Å². The first kappa shape index (κ1) is 11.4. The molecular formula is C11H15N5O. The van der Waals surface area contributed by atoms with Gasteiger partial charge in [-0.05, 0) is 13.0 Å². The van der Waals surface area contributed by atoms with E-state index in [2.05, 4.69) is 15.5 Å². The maximum absolute atomic E-state index is 11.5. The lowest BCUT2D eigenvalue weighted by molar-refractivity contribution is 0.856. The zero-order valence-electron chi connectivity index (χ0n) is 10.1. The molecule has 2 aromatic heterocycles. The van der Waals surface area contributed by atoms with Crippen molar-refractivity contribution in [2.45, 2.75) is 6.92 Å². The Morgan fingerprint density at radius 2 is 2.12 bits per heavy atom. The molecule has 0 aromatic carbocycles. The molecule has 6 heteroatoms. The Balaban J connectivity index is 2.46. The Labute approximate surface area is 98.9 Å². The molecule has 90 valence electrons. The third kappa shape index (κ3) is 2.06. The van der Waals surface area contributed by atoms with Crippen molar-refractivity contribution in [1.82, 2.24) is 19.3 Å². The van der Waals surface area contributed by atoms with Gasteiger partial charge in [-0.15, -0.1) is 10.2 Å². The molecule has 2 aromatic rings. The first-order valence-electron chi connectivity index (χ1n) is 5.43. The van der Waals surface area contributed by atoms with Gasteiger partial charge in [0.1, 0.15) is 0 Å². The average molecular weight is 233 g/mol. The fraction of sp³-hybridized carbons (Fsp3) is 0.364. The summed E-state index contributed by atoms with van der Waals surface area (Å²) in [5.74, 6) is 1.38. The van der Waals surface area contributed by atoms with Gasteiger partial charge in [0.2, 0.25) is 5.95 Å². The second kappa shape index (κ2) is 4.40. The number of rotatable bonds is 3. The largest absolute Gasteiger partial charge is 0.355 e. The van der Waals surface area contributed by atoms with Crippen LogP contribution in [-0.4, -0.2) is 25.9 Å². The highest BCUT2D eigenvalue weighted by Crippen LogP contribution is 2.16. The molecule has 0 unspecified atom stereocenters. The van der Waals surface area contributed by atoms with Gasteiger partial charge in [0.15, 0.2) is 5.82 Å². The number of hydrogen-bond acceptors (Lipinski definition) is 4. The van der Waals surface area contributed by atoms with E-state index in [1.54, 1.807) is 19.3 Å². The highest BCUT2D eigenvalue weighted by Gasteiger charge is 2.10. The number of nitrogens with zero attached hydrogens (tertiary/aromatic N) is 4. The molecule has 0 saturated heterocycles. The normalized spacial score (nSPS) is 10.5. The Morgan fingerprint density at radius 1 is 1.35 bits per heavy atom. The van der Waals surface area contributed by atoms with E-state index < -0.39 is 0 Å². The van der Waals surface area contributed by atoms with Gasteiger partial charge in [0.25, 0.3) is 5.56 Å². The van der Waals surface area contributed by atoms with E-state index in [0.29, 0.717) is 11.8 Å². The summed E-state index contributed by atoms with van der Waals surface area (Å²) in [5, 5.41) is 11.2. The van der Waals surface area contributed by atoms with E-state index in [4.69, 9.17) is 0 Å². The number of aryl methyl sites for hydroxylation is 1. The topological polar surface area (TPSA) is 64.7 Å². The molecule has 0 saturated carbocycles. The zero-order chi connectivity index (χ0) is 12.4. The lowest BCUT2D eigenvalue weighted by Crippen LogP contribution is -2.14. The van der Waals surface area contributed by atoms with Crippen LogP contribution in [0, 0.1) is 0 Å². The summed E-state index contributed by atoms with van der Waals surface area (Å²) in [6.07, 6.45) is 1.72. The van der Waals surface area contributed by atoms with Crippen LogP contribution in [0.2, 0.25) is 0 Å². The average Bonchev–Trinajstić information content (AvgIpc) is 2.66. The Hall–Kier alpha value is -2.11. The number of pyridine rings is 1. The second-order valence-corrected chi connectivity index (χ2v) is 3.80. The van der Waals surface area contributed by atoms with Gasteiger partial charge in [0, 0.05) is 38.5 Å². The molecule has 2 rings (SSSR count). The Bertz CT molecular complexity index is 584. The maximum Gasteiger partial charge on any atom is 0.250 e. The summed E-state index contributed by atoms with van der Waals surface area (Å²) in [6, 6.07) is 3.40. The van der Waals surface area contributed by atoms with Gasteiger partial charge in [-0.2, -0.15) is 0 Å². The first-order valence-corrected chi connectivity index (χ1v) is 5.43. The molecular weight excluding hydrogens is 218 g/mol. The van der Waals surface area contributed by atoms with Crippen molar-refractivity contribution in [3.05, 3.63) is 28.7 Å². The zero-order valence-corrected chi connectivity index (χ0v) is 10.1. The number of aromatic nitrogens is 4. The van der Waals surface area contributed by atoms with E-state index in [1.807, 2.05) is 24.6 Å². The van der Waals surface area contributed by atoms with Gasteiger partial charge in [0.05, 0.1) is 0 Å². The van der Waals surface area contributed by atoms with Crippen molar-refractivity contribution in [1.29, 1.82) is 0 Å². The summed E-state index contributed by atoms with van der Waals surface area (Å²) >= 11 is 0. The van der Waals surface area contributed by atoms with Crippen LogP contribution >= 0.6 is 0 Å². The Morgan fingerprint density at radius 3 is 2.76 bits per heavy atom. The van der Waals surface area contributed by atoms with Gasteiger partial charge in [-0.25, -0.2) is 0 Å². The monoisotopic (exact) mass is 233 g/mol. The standard InChI is InChI=1S/C11H15N5O/c1-4-12-11-14-13-10(16(11)3)8-5-6-15(2)9(17)7-8/h5-7H,4H2,1-3H3,(H,12,14). The third-order valence-corrected chi connectivity index (χ3v) is 2.57. The van der Waals surface area contributed by atoms with Gasteiger partial charge < -0.3 is 9.88 Å². The lowest BCUT2D eigenvalue weighted by atomic mass is 10.2. The Kier molecular flexibility index (Phi) is 2.95. The minimum Gasteiger partial charge on any atom is -0.355 e. The van der Waals surface area contributed by atoms with Crippen molar-refractivity contribution >= 4 is 5.95 Å². The highest BCUT2D eigenvalue weighted by atomic mass is 16.1. The predicted octanol–water partition coefficient (Wildman–Crippen LogP) is 0.613. The minimum absolute atomic E-state index is 0.0597. The molecule has 2 heterocycles. The molecule has 0 atom stereocenters. The van der Waals surface area contributed by atoms with E-state index in [9.17, 15) is 4.79 Å². The quantitative estimate of drug-likeness (QED) is 0.843. The molecule has 0 radical (unpaired) electrons. The summed E-state index contributed by atoms with van der Waals surface area (Å²) < 4.78 is 3.35. The highest BCUT2D eigenvalue weighted by molar-refractivity contribution is 5.56. The first-order chi connectivity index (χ1) is 8.13. The smallest absolute Gasteiger partial charge is 0.250 e. The van der Waals surface area contributed by atoms with Gasteiger partial charge in [-0.1, -0.05) is 0 Å². The van der Waals surface area contributed by atoms with E-state index >= 15 is 0 Å². The summed E-state index contributed by atoms with van der Waals surface area (Å²) in [7, 11) is 3.58. The van der Waals surface area contributed by atoms with Crippen LogP contribution in [-0.2, 0) is 14.1 Å². The van der Waals surface area contributed by atoms with Crippen molar-refractivity contribution in [3.63, 3.8) is 0 Å². The van der Waals surface area contributed by atoms with E-state index in [0.717, 1.165) is 12.1 Å². The van der Waals surface area contributed by atoms with Crippen LogP contribution in [0.4, 0.5) is 5.95 Å². The fourth-order valence-electron chi connectivity index (χ4n) is 1.58. The molecule has 0 aliphatic heterocycles. The van der Waals surface area contributed by atoms with Crippen LogP contribution in [0.25, 0.3) is 11.4 Å². The van der Waals surface area contributed by atoms with Gasteiger partial charge >= 0.3 is 0 Å². The molecule has 0 aliphatic rings. The molecule has 0 fully saturated rings. The molecule has 0 aliphatic carbocycles. The molecule has 17 heavy (non-hydrogen) atoms. The van der Waals surface area contributed by atoms with Crippen LogP contribution in [0.5, 0.6) is 0 Å². The summed E-state index contributed by atoms with van der Waals surface area (Å²) in [6.45, 7) is 2.77. The van der Waals surface area contributed by atoms with E-state index in [-0.39, 0.29) is 5.56 Å². The molecule has 6 nitrogen and oxygen atoms in total. The fourth-order valence-corrected chi connectivity index (χ4v) is 1.58. The molecule has 0 amide bonds. The number of nitrogens with one attached hydrogen (secondary N) is 1. The molecule has 1 N–H and O–H groups in total. The van der Waals surface area contributed by atoms with Crippen LogP contribution < -0.4 is 10.9 Å². The number of hydrogen-bond donors (Lipinski definition) is 1. The third-order valence-electron chi connectivity index (χ3n) is 2.57. The SMILES string of the molecule is CCNc1nnc(-c2ccn(C)c(=O)c2)n1C. The summed E-state index contributed by atoms with van der Waals surface area (Å²) in [5.41, 5.74) is 0.711. The van der Waals surface area contributed by atoms with Crippen molar-refractivity contribution in [3.8, 4) is 11.4 Å². The van der Waals surface area contributed by atoms with Crippen LogP contribution in [0.15, 0.2) is 23.1 Å². The minimum atomic E-state index is -0.0597. The lowest BCUT2D eigenvalue weighted by Gasteiger charge is -2.04. The maximum atomic E-state index is 11.5. The van der Waals surface area contributed by atoms with Crippen molar-refractivity contribution in [2.75, 3.05) is 11.9 Å². The van der Waals surface area contributed by atoms with Crippen LogP contribution in [0.1, 0.15) is 6.92 Å². The molecule has 0 bridgehead atoms. The molecule has 0 spiro atoms.